The van der Waals surface area contributed by atoms with E-state index in [4.69, 9.17) is 23.2 Å². The Balaban J connectivity index is 1.14. The van der Waals surface area contributed by atoms with Crippen LogP contribution in [-0.2, 0) is 37.0 Å². The van der Waals surface area contributed by atoms with E-state index in [-0.39, 0.29) is 24.3 Å². The average molecular weight is 590 g/mol. The molecule has 7 heteroatoms. The van der Waals surface area contributed by atoms with Gasteiger partial charge < -0.3 is 5.32 Å². The first kappa shape index (κ1) is 28.0. The molecule has 1 saturated heterocycles. The molecule has 4 aliphatic rings. The second kappa shape index (κ2) is 10.6. The van der Waals surface area contributed by atoms with Gasteiger partial charge in [0.15, 0.2) is 0 Å². The van der Waals surface area contributed by atoms with Gasteiger partial charge in [-0.15, -0.1) is 23.2 Å². The van der Waals surface area contributed by atoms with E-state index in [0.29, 0.717) is 25.7 Å². The number of alkyl halides is 2. The third-order valence-corrected chi connectivity index (χ3v) is 10.5. The molecule has 2 atom stereocenters. The molecule has 1 heterocycles. The number of para-hydroxylation sites is 1. The summed E-state index contributed by atoms with van der Waals surface area (Å²) in [6, 6.07) is 21.5. The van der Waals surface area contributed by atoms with E-state index in [1.165, 1.54) is 4.90 Å². The van der Waals surface area contributed by atoms with Crippen LogP contribution in [0.2, 0.25) is 0 Å². The van der Waals surface area contributed by atoms with Gasteiger partial charge in [0.05, 0.1) is 11.8 Å². The largest absolute Gasteiger partial charge is 0.326 e. The lowest BCUT2D eigenvalue weighted by molar-refractivity contribution is -0.140. The van der Waals surface area contributed by atoms with Crippen LogP contribution in [0.15, 0.2) is 66.7 Å². The number of nitrogens with zero attached hydrogens (tertiary/aromatic N) is 1. The van der Waals surface area contributed by atoms with Gasteiger partial charge in [0.25, 0.3) is 0 Å². The van der Waals surface area contributed by atoms with Gasteiger partial charge in [-0.2, -0.15) is 0 Å². The molecule has 3 aliphatic carbocycles. The molecule has 1 aliphatic heterocycles. The van der Waals surface area contributed by atoms with Gasteiger partial charge in [-0.3, -0.25) is 19.3 Å². The summed E-state index contributed by atoms with van der Waals surface area (Å²) in [5.74, 6) is -2.07. The van der Waals surface area contributed by atoms with Crippen LogP contribution >= 0.6 is 23.2 Å². The molecule has 0 saturated carbocycles. The van der Waals surface area contributed by atoms with Crippen molar-refractivity contribution in [2.45, 2.75) is 62.1 Å². The van der Waals surface area contributed by atoms with Crippen molar-refractivity contribution in [2.75, 3.05) is 11.9 Å². The zero-order valence-corrected chi connectivity index (χ0v) is 24.9. The molecule has 41 heavy (non-hydrogen) atoms. The highest BCUT2D eigenvalue weighted by Gasteiger charge is 2.72. The van der Waals surface area contributed by atoms with Crippen LogP contribution in [0.1, 0.15) is 72.9 Å². The van der Waals surface area contributed by atoms with Crippen LogP contribution in [0.5, 0.6) is 0 Å². The van der Waals surface area contributed by atoms with E-state index in [2.05, 4.69) is 31.3 Å². The number of rotatable bonds is 9. The third kappa shape index (κ3) is 4.07. The Morgan fingerprint density at radius 1 is 0.732 bits per heavy atom. The predicted molar refractivity (Wildman–Crippen MR) is 162 cm³/mol. The maximum absolute atomic E-state index is 13.9. The Morgan fingerprint density at radius 3 is 1.63 bits per heavy atom. The summed E-state index contributed by atoms with van der Waals surface area (Å²) >= 11 is 14.9. The minimum atomic E-state index is -1.15. The first-order valence-electron chi connectivity index (χ1n) is 14.6. The number of halogens is 2. The number of hydrogen-bond donors (Lipinski definition) is 1. The van der Waals surface area contributed by atoms with Crippen molar-refractivity contribution in [3.8, 4) is 0 Å². The molecular formula is C34H34Cl2N2O3. The number of imide groups is 1. The maximum Gasteiger partial charge on any atom is 0.235 e. The van der Waals surface area contributed by atoms with Gasteiger partial charge in [0, 0.05) is 18.7 Å². The second-order valence-electron chi connectivity index (χ2n) is 11.3. The predicted octanol–water partition coefficient (Wildman–Crippen LogP) is 6.90. The molecule has 3 amide bonds. The van der Waals surface area contributed by atoms with E-state index in [9.17, 15) is 14.4 Å². The first-order valence-corrected chi connectivity index (χ1v) is 15.4. The van der Waals surface area contributed by atoms with Crippen LogP contribution in [0.4, 0.5) is 5.69 Å². The van der Waals surface area contributed by atoms with Crippen LogP contribution in [0.25, 0.3) is 0 Å². The number of anilines is 1. The topological polar surface area (TPSA) is 66.5 Å². The van der Waals surface area contributed by atoms with Crippen molar-refractivity contribution in [1.29, 1.82) is 0 Å². The quantitative estimate of drug-likeness (QED) is 0.168. The molecule has 2 bridgehead atoms. The van der Waals surface area contributed by atoms with Gasteiger partial charge in [-0.25, -0.2) is 0 Å². The van der Waals surface area contributed by atoms with Crippen molar-refractivity contribution < 1.29 is 14.4 Å². The lowest BCUT2D eigenvalue weighted by Gasteiger charge is -2.54. The molecule has 0 spiro atoms. The monoisotopic (exact) mass is 588 g/mol. The van der Waals surface area contributed by atoms with E-state index in [0.717, 1.165) is 51.9 Å². The highest BCUT2D eigenvalue weighted by Crippen LogP contribution is 2.69. The fourth-order valence-corrected chi connectivity index (χ4v) is 8.38. The zero-order valence-electron chi connectivity index (χ0n) is 23.4. The average Bonchev–Trinajstić information content (AvgIpc) is 3.26. The lowest BCUT2D eigenvalue weighted by Crippen LogP contribution is -2.57. The molecule has 1 fully saturated rings. The van der Waals surface area contributed by atoms with Crippen LogP contribution < -0.4 is 5.32 Å². The van der Waals surface area contributed by atoms with Crippen molar-refractivity contribution in [1.82, 2.24) is 4.90 Å². The van der Waals surface area contributed by atoms with E-state index < -0.39 is 21.6 Å². The Labute approximate surface area is 251 Å². The summed E-state index contributed by atoms with van der Waals surface area (Å²) in [6.07, 6.45) is 4.09. The van der Waals surface area contributed by atoms with Crippen LogP contribution in [-0.4, -0.2) is 29.2 Å². The molecule has 0 radical (unpaired) electrons. The van der Waals surface area contributed by atoms with Crippen molar-refractivity contribution in [2.24, 2.45) is 11.8 Å². The molecule has 1 N–H and O–H groups in total. The Kier molecular flexibility index (Phi) is 7.24. The molecule has 3 aromatic rings. The Hall–Kier alpha value is -3.15. The number of aryl methyl sites for hydroxylation is 2. The van der Waals surface area contributed by atoms with Crippen molar-refractivity contribution in [3.63, 3.8) is 0 Å². The fourth-order valence-electron chi connectivity index (χ4n) is 7.28. The Morgan fingerprint density at radius 2 is 1.20 bits per heavy atom. The van der Waals surface area contributed by atoms with Gasteiger partial charge in [0.2, 0.25) is 17.7 Å². The summed E-state index contributed by atoms with van der Waals surface area (Å²) in [6.45, 7) is 4.46. The summed E-state index contributed by atoms with van der Waals surface area (Å²) in [5, 5.41) is 3.12. The van der Waals surface area contributed by atoms with Gasteiger partial charge in [0.1, 0.15) is 9.75 Å². The van der Waals surface area contributed by atoms with E-state index in [1.54, 1.807) is 0 Å². The van der Waals surface area contributed by atoms with Crippen LogP contribution in [0, 0.1) is 11.8 Å². The fraction of sp³-hybridized carbons (Fsp3) is 0.382. The van der Waals surface area contributed by atoms with Crippen molar-refractivity contribution >= 4 is 46.6 Å². The number of hydrogen-bond acceptors (Lipinski definition) is 3. The normalized spacial score (nSPS) is 25.6. The number of nitrogens with one attached hydrogen (secondary N) is 1. The molecule has 0 unspecified atom stereocenters. The van der Waals surface area contributed by atoms with E-state index >= 15 is 0 Å². The van der Waals surface area contributed by atoms with Gasteiger partial charge in [-0.1, -0.05) is 87.0 Å². The number of benzene rings is 3. The maximum atomic E-state index is 13.9. The SMILES string of the molecule is CCc1cccc(CC)c1NC(=O)CCCCCN1C(=O)[C@@H]2[C@H](C1=O)C1(Cl)c3ccccc3C2(Cl)c2ccccc21. The molecular weight excluding hydrogens is 555 g/mol. The molecule has 5 nitrogen and oxygen atoms in total. The summed E-state index contributed by atoms with van der Waals surface area (Å²) in [4.78, 5) is 39.6. The summed E-state index contributed by atoms with van der Waals surface area (Å²) in [7, 11) is 0. The zero-order chi connectivity index (χ0) is 28.9. The minimum Gasteiger partial charge on any atom is -0.326 e. The molecule has 0 aromatic heterocycles. The number of carbonyl (C=O) groups is 3. The third-order valence-electron chi connectivity index (χ3n) is 9.23. The number of unbranched alkanes of at least 4 members (excludes halogenated alkanes) is 2. The second-order valence-corrected chi connectivity index (χ2v) is 12.5. The van der Waals surface area contributed by atoms with Crippen molar-refractivity contribution in [3.05, 3.63) is 100 Å². The Bertz CT molecular complexity index is 1410. The minimum absolute atomic E-state index is 0.0137. The molecule has 212 valence electrons. The number of likely N-dealkylation sites (tertiary alicyclic amines) is 1. The summed E-state index contributed by atoms with van der Waals surface area (Å²) < 4.78 is 0. The standard InChI is InChI=1S/C34H34Cl2N2O3/c1-3-21-13-12-14-22(4-2)30(21)37-27(39)19-6-5-11-20-38-31(40)28-29(32(38)41)34(36)24-16-8-7-15-23(24)33(28,35)25-17-9-10-18-26(25)34/h7-10,12-18,28-29H,3-6,11,19-20H2,1-2H3,(H,37,39)/t28-,29+,33?,34?. The lowest BCUT2D eigenvalue weighted by atomic mass is 9.54. The van der Waals surface area contributed by atoms with Gasteiger partial charge in [-0.05, 0) is 59.1 Å². The van der Waals surface area contributed by atoms with E-state index in [1.807, 2.05) is 54.6 Å². The molecule has 7 rings (SSSR count). The number of carbonyl (C=O) groups excluding carboxylic acids is 3. The highest BCUT2D eigenvalue weighted by atomic mass is 35.5. The van der Waals surface area contributed by atoms with Gasteiger partial charge >= 0.3 is 0 Å². The first-order chi connectivity index (χ1) is 19.8. The highest BCUT2D eigenvalue weighted by molar-refractivity contribution is 6.36. The molecule has 3 aromatic carbocycles. The number of amides is 3. The van der Waals surface area contributed by atoms with Crippen LogP contribution in [0.3, 0.4) is 0 Å². The summed E-state index contributed by atoms with van der Waals surface area (Å²) in [5.41, 5.74) is 6.43. The smallest absolute Gasteiger partial charge is 0.235 e.